The van der Waals surface area contributed by atoms with E-state index in [2.05, 4.69) is 22.5 Å². The van der Waals surface area contributed by atoms with Gasteiger partial charge in [0, 0.05) is 10.7 Å². The zero-order valence-electron chi connectivity index (χ0n) is 4.77. The van der Waals surface area contributed by atoms with Gasteiger partial charge in [0.15, 0.2) is 0 Å². The molecule has 50 valence electrons. The van der Waals surface area contributed by atoms with Crippen molar-refractivity contribution in [3.05, 3.63) is 35.2 Å². The highest BCUT2D eigenvalue weighted by molar-refractivity contribution is 9.11. The molecule has 0 saturated carbocycles. The second kappa shape index (κ2) is 4.32. The highest BCUT2D eigenvalue weighted by atomic mass is 79.9. The maximum Gasteiger partial charge on any atom is 0.138 e. The molecule has 0 radical (unpaired) electrons. The van der Waals surface area contributed by atoms with Crippen LogP contribution in [-0.4, -0.2) is 0 Å². The molecule has 0 amide bonds. The van der Waals surface area contributed by atoms with Crippen molar-refractivity contribution in [2.45, 2.75) is 0 Å². The fourth-order valence-electron chi connectivity index (χ4n) is 0.226. The average molecular weight is 192 g/mol. The van der Waals surface area contributed by atoms with Crippen molar-refractivity contribution in [3.8, 4) is 0 Å². The van der Waals surface area contributed by atoms with Gasteiger partial charge in [-0.3, -0.25) is 0 Å². The van der Waals surface area contributed by atoms with E-state index in [1.165, 1.54) is 12.2 Å². The van der Waals surface area contributed by atoms with Gasteiger partial charge < -0.3 is 5.73 Å². The SMILES string of the molecule is C=C(Br)/C=C\C(F)=C/N. The first-order chi connectivity index (χ1) is 4.16. The Hall–Kier alpha value is -0.570. The first kappa shape index (κ1) is 8.43. The van der Waals surface area contributed by atoms with E-state index in [1.807, 2.05) is 0 Å². The van der Waals surface area contributed by atoms with Gasteiger partial charge in [0.1, 0.15) is 5.83 Å². The van der Waals surface area contributed by atoms with E-state index in [0.717, 1.165) is 6.20 Å². The third-order valence-electron chi connectivity index (χ3n) is 0.583. The summed E-state index contributed by atoms with van der Waals surface area (Å²) in [6.07, 6.45) is 3.57. The Bertz CT molecular complexity index is 160. The summed E-state index contributed by atoms with van der Waals surface area (Å²) in [6.45, 7) is 3.46. The maximum atomic E-state index is 12.1. The van der Waals surface area contributed by atoms with E-state index in [-0.39, 0.29) is 0 Å². The molecule has 3 heteroatoms. The molecule has 2 N–H and O–H groups in total. The van der Waals surface area contributed by atoms with Gasteiger partial charge in [-0.1, -0.05) is 22.5 Å². The first-order valence-corrected chi connectivity index (χ1v) is 3.06. The quantitative estimate of drug-likeness (QED) is 0.667. The molecule has 1 nitrogen and oxygen atoms in total. The summed E-state index contributed by atoms with van der Waals surface area (Å²) >= 11 is 3.02. The van der Waals surface area contributed by atoms with Gasteiger partial charge in [0.05, 0.1) is 0 Å². The fraction of sp³-hybridized carbons (Fsp3) is 0. The second-order valence-corrected chi connectivity index (χ2v) is 2.35. The number of hydrogen-bond acceptors (Lipinski definition) is 1. The minimum Gasteiger partial charge on any atom is -0.402 e. The normalized spacial score (nSPS) is 12.4. The largest absolute Gasteiger partial charge is 0.402 e. The van der Waals surface area contributed by atoms with Crippen LogP contribution in [0.2, 0.25) is 0 Å². The van der Waals surface area contributed by atoms with Crippen LogP contribution in [0.4, 0.5) is 4.39 Å². The monoisotopic (exact) mass is 191 g/mol. The smallest absolute Gasteiger partial charge is 0.138 e. The predicted octanol–water partition coefficient (Wildman–Crippen LogP) is 2.22. The molecule has 0 aromatic heterocycles. The molecule has 0 heterocycles. The maximum absolute atomic E-state index is 12.1. The zero-order chi connectivity index (χ0) is 7.28. The molecule has 0 rings (SSSR count). The Morgan fingerprint density at radius 2 is 2.11 bits per heavy atom. The highest BCUT2D eigenvalue weighted by Crippen LogP contribution is 2.04. The van der Waals surface area contributed by atoms with Gasteiger partial charge in [0.2, 0.25) is 0 Å². The van der Waals surface area contributed by atoms with E-state index < -0.39 is 5.83 Å². The van der Waals surface area contributed by atoms with Crippen molar-refractivity contribution >= 4 is 15.9 Å². The topological polar surface area (TPSA) is 26.0 Å². The second-order valence-electron chi connectivity index (χ2n) is 1.33. The van der Waals surface area contributed by atoms with E-state index in [9.17, 15) is 4.39 Å². The molecule has 0 bridgehead atoms. The third kappa shape index (κ3) is 5.30. The van der Waals surface area contributed by atoms with Crippen LogP contribution in [-0.2, 0) is 0 Å². The fourth-order valence-corrected chi connectivity index (χ4v) is 0.358. The van der Waals surface area contributed by atoms with Crippen LogP contribution in [0.1, 0.15) is 0 Å². The molecule has 0 fully saturated rings. The summed E-state index contributed by atoms with van der Waals surface area (Å²) in [5, 5.41) is 0. The first-order valence-electron chi connectivity index (χ1n) is 2.26. The van der Waals surface area contributed by atoms with Crippen LogP contribution in [0, 0.1) is 0 Å². The van der Waals surface area contributed by atoms with Gasteiger partial charge in [-0.25, -0.2) is 4.39 Å². The van der Waals surface area contributed by atoms with E-state index in [1.54, 1.807) is 0 Å². The molecular formula is C6H7BrFN. The number of halogens is 2. The Morgan fingerprint density at radius 3 is 2.44 bits per heavy atom. The minimum atomic E-state index is -0.476. The van der Waals surface area contributed by atoms with Crippen molar-refractivity contribution in [1.82, 2.24) is 0 Å². The minimum absolute atomic E-state index is 0.476. The lowest BCUT2D eigenvalue weighted by atomic mass is 10.4. The lowest BCUT2D eigenvalue weighted by Gasteiger charge is -1.82. The summed E-state index contributed by atoms with van der Waals surface area (Å²) in [5.74, 6) is -0.476. The van der Waals surface area contributed by atoms with Crippen LogP contribution >= 0.6 is 15.9 Å². The Balaban J connectivity index is 3.86. The molecule has 0 aromatic rings. The zero-order valence-corrected chi connectivity index (χ0v) is 6.36. The number of nitrogens with two attached hydrogens (primary N) is 1. The lowest BCUT2D eigenvalue weighted by molar-refractivity contribution is 0.663. The third-order valence-corrected chi connectivity index (χ3v) is 0.847. The van der Waals surface area contributed by atoms with Crippen molar-refractivity contribution in [2.24, 2.45) is 5.73 Å². The lowest BCUT2D eigenvalue weighted by Crippen LogP contribution is -1.78. The Kier molecular flexibility index (Phi) is 4.05. The van der Waals surface area contributed by atoms with Gasteiger partial charge in [-0.2, -0.15) is 0 Å². The summed E-state index contributed by atoms with van der Waals surface area (Å²) in [4.78, 5) is 0. The van der Waals surface area contributed by atoms with Crippen LogP contribution in [0.25, 0.3) is 0 Å². The van der Waals surface area contributed by atoms with Gasteiger partial charge in [-0.15, -0.1) is 0 Å². The van der Waals surface area contributed by atoms with Crippen LogP contribution in [0.3, 0.4) is 0 Å². The van der Waals surface area contributed by atoms with Gasteiger partial charge >= 0.3 is 0 Å². The summed E-state index contributed by atoms with van der Waals surface area (Å²) in [5.41, 5.74) is 4.82. The number of allylic oxidation sites excluding steroid dienone is 4. The average Bonchev–Trinajstić information content (AvgIpc) is 1.83. The highest BCUT2D eigenvalue weighted by Gasteiger charge is 1.82. The number of hydrogen-bond donors (Lipinski definition) is 1. The van der Waals surface area contributed by atoms with Crippen molar-refractivity contribution in [2.75, 3.05) is 0 Å². The molecule has 0 aromatic carbocycles. The van der Waals surface area contributed by atoms with E-state index >= 15 is 0 Å². The Morgan fingerprint density at radius 1 is 1.56 bits per heavy atom. The van der Waals surface area contributed by atoms with E-state index in [0.29, 0.717) is 4.48 Å². The molecule has 9 heavy (non-hydrogen) atoms. The van der Waals surface area contributed by atoms with Crippen molar-refractivity contribution in [1.29, 1.82) is 0 Å². The summed E-state index contributed by atoms with van der Waals surface area (Å²) < 4.78 is 12.7. The molecule has 0 aliphatic heterocycles. The standard InChI is InChI=1S/C6H7BrFN/c1-5(7)2-3-6(8)4-9/h2-4H,1,9H2/b3-2-,6-4+. The molecule has 0 unspecified atom stereocenters. The molecule has 0 saturated heterocycles. The van der Waals surface area contributed by atoms with Gasteiger partial charge in [0.25, 0.3) is 0 Å². The molecule has 0 aliphatic rings. The molecule has 0 spiro atoms. The molecule has 0 atom stereocenters. The molecule has 0 aliphatic carbocycles. The summed E-state index contributed by atoms with van der Waals surface area (Å²) in [6, 6.07) is 0. The van der Waals surface area contributed by atoms with Crippen LogP contribution in [0.5, 0.6) is 0 Å². The Labute approximate surface area is 61.9 Å². The van der Waals surface area contributed by atoms with Gasteiger partial charge in [-0.05, 0) is 12.2 Å². The van der Waals surface area contributed by atoms with E-state index in [4.69, 9.17) is 5.73 Å². The summed E-state index contributed by atoms with van der Waals surface area (Å²) in [7, 11) is 0. The van der Waals surface area contributed by atoms with Crippen LogP contribution < -0.4 is 5.73 Å². The van der Waals surface area contributed by atoms with Crippen molar-refractivity contribution in [3.63, 3.8) is 0 Å². The predicted molar refractivity (Wildman–Crippen MR) is 40.6 cm³/mol. The van der Waals surface area contributed by atoms with Crippen molar-refractivity contribution < 1.29 is 4.39 Å². The number of rotatable bonds is 2. The van der Waals surface area contributed by atoms with Crippen LogP contribution in [0.15, 0.2) is 35.2 Å². The molecular weight excluding hydrogens is 185 g/mol.